The van der Waals surface area contributed by atoms with E-state index in [2.05, 4.69) is 10.6 Å². The lowest BCUT2D eigenvalue weighted by atomic mass is 9.44. The number of aromatic hydroxyl groups is 1. The fraction of sp³-hybridized carbons (Fsp3) is 0.324. The standard InChI is InChI=1S/C71H64F2N2O21/c1-33-51(93-67(88)57(80)56(37-17-11-8-12-18-37)75-62(82)38-19-13-9-14-20-38)31-71(89)61(95-66(87)39-21-15-10-16-22-39)59-69(7,60(81)58(91-35(3)76)55(33)68(71,5)6)52(30-53-70(59,32-90-53)96-36(4)77)94-65(86)34(2)74-63(83)40-23-24-41(42(25-40)64(84)85)54-43-26-45(72)47(78)28-49(43)92-50-29-48(79)46(73)27-44(50)54/h8-29,34,51-53,56-59,61,78,80,89H,30-32H2,1-7H3,(H,74,83)(H,75,82)(H,84,85)/t34-,51-,52-,53+,56-,57+,58+,59?,61-,69+,70-,71+/m0/s1. The van der Waals surface area contributed by atoms with Crippen LogP contribution in [0.1, 0.15) is 114 Å². The third-order valence-corrected chi connectivity index (χ3v) is 19.0. The van der Waals surface area contributed by atoms with E-state index < -0.39 is 183 Å². The highest BCUT2D eigenvalue weighted by molar-refractivity contribution is 6.09. The van der Waals surface area contributed by atoms with Crippen LogP contribution >= 0.6 is 0 Å². The Bertz CT molecular complexity index is 4420. The number of hydrogen-bond donors (Lipinski definition) is 6. The largest absolute Gasteiger partial charge is 0.505 e. The Balaban J connectivity index is 0.987. The van der Waals surface area contributed by atoms with Gasteiger partial charge in [-0.2, -0.15) is 0 Å². The number of esters is 5. The molecule has 2 saturated carbocycles. The van der Waals surface area contributed by atoms with E-state index in [4.69, 9.17) is 32.8 Å². The Morgan fingerprint density at radius 2 is 1.34 bits per heavy atom. The summed E-state index contributed by atoms with van der Waals surface area (Å²) in [5, 5.41) is 52.2. The summed E-state index contributed by atoms with van der Waals surface area (Å²) in [6.07, 6.45) is -12.5. The van der Waals surface area contributed by atoms with Crippen LogP contribution in [-0.2, 0) is 52.4 Å². The first-order valence-corrected chi connectivity index (χ1v) is 30.4. The van der Waals surface area contributed by atoms with E-state index in [1.165, 1.54) is 71.0 Å². The Kier molecular flexibility index (Phi) is 17.7. The number of rotatable bonds is 16. The minimum Gasteiger partial charge on any atom is -0.505 e. The number of ether oxygens (including phenoxy) is 6. The Labute approximate surface area is 545 Å². The number of aliphatic hydroxyl groups is 2. The Hall–Kier alpha value is -10.5. The van der Waals surface area contributed by atoms with Crippen molar-refractivity contribution in [2.24, 2.45) is 16.7 Å². The number of phenols is 1. The number of phenolic OH excluding ortho intramolecular Hbond substituents is 1. The number of carbonyl (C=O) groups excluding carboxylic acids is 8. The van der Waals surface area contributed by atoms with Crippen molar-refractivity contribution in [1.82, 2.24) is 10.6 Å². The van der Waals surface area contributed by atoms with E-state index in [-0.39, 0.29) is 61.3 Å². The molecule has 2 amide bonds. The second-order valence-corrected chi connectivity index (χ2v) is 25.1. The van der Waals surface area contributed by atoms with E-state index >= 15 is 9.18 Å². The molecule has 0 spiro atoms. The zero-order chi connectivity index (χ0) is 69.2. The molecule has 25 heteroatoms. The average Bonchev–Trinajstić information content (AvgIpc) is 0.668. The van der Waals surface area contributed by atoms with Crippen LogP contribution in [0.25, 0.3) is 33.4 Å². The van der Waals surface area contributed by atoms with Crippen molar-refractivity contribution in [2.45, 2.75) is 121 Å². The molecular weight excluding hydrogens is 1250 g/mol. The normalized spacial score (nSPS) is 25.0. The number of halogens is 2. The van der Waals surface area contributed by atoms with Crippen LogP contribution in [0.4, 0.5) is 8.78 Å². The predicted molar refractivity (Wildman–Crippen MR) is 332 cm³/mol. The van der Waals surface area contributed by atoms with Gasteiger partial charge < -0.3 is 63.9 Å². The third kappa shape index (κ3) is 11.6. The van der Waals surface area contributed by atoms with Crippen LogP contribution in [0.3, 0.4) is 0 Å². The van der Waals surface area contributed by atoms with Gasteiger partial charge in [0.25, 0.3) is 11.8 Å². The topological polar surface area (TPSA) is 344 Å². The lowest BCUT2D eigenvalue weighted by Gasteiger charge is -2.67. The number of Topliss-reactive ketones (excluding diaryl/α,β-unsaturated/α-hetero) is 1. The molecule has 12 atom stereocenters. The van der Waals surface area contributed by atoms with Crippen LogP contribution in [0.5, 0.6) is 5.75 Å². The average molecular weight is 1320 g/mol. The summed E-state index contributed by atoms with van der Waals surface area (Å²) in [7, 11) is 0. The molecule has 1 saturated heterocycles. The number of carbonyl (C=O) groups is 9. The van der Waals surface area contributed by atoms with E-state index in [9.17, 15) is 68.0 Å². The molecule has 23 nitrogen and oxygen atoms in total. The van der Waals surface area contributed by atoms with Crippen molar-refractivity contribution >= 4 is 64.4 Å². The molecular formula is C71H64F2N2O21. The molecule has 11 rings (SSSR count). The van der Waals surface area contributed by atoms with E-state index in [0.29, 0.717) is 0 Å². The summed E-state index contributed by atoms with van der Waals surface area (Å²) < 4.78 is 73.3. The van der Waals surface area contributed by atoms with Crippen LogP contribution in [0.2, 0.25) is 0 Å². The number of ketones is 1. The lowest BCUT2D eigenvalue weighted by Crippen LogP contribution is -2.82. The molecule has 1 unspecified atom stereocenters. The van der Waals surface area contributed by atoms with Gasteiger partial charge in [0.05, 0.1) is 35.1 Å². The van der Waals surface area contributed by atoms with E-state index in [1.54, 1.807) is 54.6 Å². The molecule has 2 bridgehead atoms. The summed E-state index contributed by atoms with van der Waals surface area (Å²) in [5.74, 6) is -15.7. The van der Waals surface area contributed by atoms with Crippen LogP contribution in [0.15, 0.2) is 154 Å². The Morgan fingerprint density at radius 3 is 1.96 bits per heavy atom. The number of aromatic carboxylic acids is 1. The van der Waals surface area contributed by atoms with Gasteiger partial charge in [-0.15, -0.1) is 0 Å². The van der Waals surface area contributed by atoms with Crippen molar-refractivity contribution in [3.63, 3.8) is 0 Å². The summed E-state index contributed by atoms with van der Waals surface area (Å²) in [4.78, 5) is 142. The van der Waals surface area contributed by atoms with Gasteiger partial charge >= 0.3 is 35.8 Å². The highest BCUT2D eigenvalue weighted by atomic mass is 19.1. The maximum atomic E-state index is 16.6. The number of amides is 2. The molecule has 3 fully saturated rings. The molecule has 4 aliphatic carbocycles. The summed E-state index contributed by atoms with van der Waals surface area (Å²) >= 11 is 0. The van der Waals surface area contributed by atoms with Gasteiger partial charge in [0.2, 0.25) is 5.43 Å². The minimum atomic E-state index is -2.66. The zero-order valence-corrected chi connectivity index (χ0v) is 52.5. The van der Waals surface area contributed by atoms with Crippen LogP contribution < -0.4 is 16.1 Å². The third-order valence-electron chi connectivity index (χ3n) is 19.0. The smallest absolute Gasteiger partial charge is 0.338 e. The number of fused-ring (bicyclic) bond motifs is 7. The van der Waals surface area contributed by atoms with Gasteiger partial charge in [-0.05, 0) is 91.6 Å². The molecule has 96 heavy (non-hydrogen) atoms. The summed E-state index contributed by atoms with van der Waals surface area (Å²) in [6.45, 7) is 8.32. The fourth-order valence-electron chi connectivity index (χ4n) is 14.2. The highest BCUT2D eigenvalue weighted by Gasteiger charge is 2.79. The molecule has 2 aliphatic heterocycles. The van der Waals surface area contributed by atoms with Crippen molar-refractivity contribution in [3.8, 4) is 28.2 Å². The molecule has 6 aliphatic rings. The maximum Gasteiger partial charge on any atom is 0.338 e. The minimum absolute atomic E-state index is 0.00540. The molecule has 6 N–H and O–H groups in total. The summed E-state index contributed by atoms with van der Waals surface area (Å²) in [6, 6.07) is 26.6. The van der Waals surface area contributed by atoms with Crippen molar-refractivity contribution in [2.75, 3.05) is 6.61 Å². The van der Waals surface area contributed by atoms with Gasteiger partial charge in [-0.3, -0.25) is 28.8 Å². The first-order chi connectivity index (χ1) is 45.4. The van der Waals surface area contributed by atoms with Gasteiger partial charge in [0.15, 0.2) is 41.0 Å². The molecule has 0 aromatic heterocycles. The maximum absolute atomic E-state index is 16.6. The number of carboxylic acid groups (broad SMARTS) is 1. The second kappa shape index (κ2) is 25.3. The molecule has 5 aromatic rings. The number of carboxylic acids is 1. The predicted octanol–water partition coefficient (Wildman–Crippen LogP) is 7.67. The SMILES string of the molecule is CC(=O)O[C@H]1C(=O)[C@@]2(C)C([C@H](OC(=O)c3ccccc3)[C@]3(O)C[C@H](OC(=O)[C@H](O)[C@@H](NC(=O)c4ccccc4)c4ccccc4)C(C)=C1C3(C)C)[C@]1(OC(C)=O)CO[C@@H]1C[C@@H]2OC(=O)[C@H](C)NC(=O)c1ccc(-c2c3cc(F)c(=O)cc-3oc3cc(O)c(F)cc23)c(C(=O)O)c1. The van der Waals surface area contributed by atoms with Gasteiger partial charge in [-0.25, -0.2) is 28.0 Å². The monoisotopic (exact) mass is 1320 g/mol. The van der Waals surface area contributed by atoms with Crippen molar-refractivity contribution < 1.29 is 105 Å². The van der Waals surface area contributed by atoms with Crippen molar-refractivity contribution in [3.05, 3.63) is 194 Å². The molecule has 498 valence electrons. The summed E-state index contributed by atoms with van der Waals surface area (Å²) in [5.41, 5.74) is -11.8. The van der Waals surface area contributed by atoms with E-state index in [1.807, 2.05) is 0 Å². The van der Waals surface area contributed by atoms with Crippen molar-refractivity contribution in [1.29, 1.82) is 0 Å². The van der Waals surface area contributed by atoms with Crippen LogP contribution in [-0.4, -0.2) is 134 Å². The molecule has 2 heterocycles. The van der Waals surface area contributed by atoms with Crippen LogP contribution in [0, 0.1) is 28.4 Å². The molecule has 5 aromatic carbocycles. The van der Waals surface area contributed by atoms with Gasteiger partial charge in [0, 0.05) is 71.9 Å². The quantitative estimate of drug-likeness (QED) is 0.0234. The van der Waals surface area contributed by atoms with Gasteiger partial charge in [-0.1, -0.05) is 86.6 Å². The second-order valence-electron chi connectivity index (χ2n) is 25.1. The number of benzene rings is 6. The lowest BCUT2D eigenvalue weighted by molar-refractivity contribution is -0.346. The number of hydrogen-bond acceptors (Lipinski definition) is 20. The number of nitrogens with one attached hydrogen (secondary N) is 2. The Morgan fingerprint density at radius 1 is 0.708 bits per heavy atom. The molecule has 0 radical (unpaired) electrons. The fourth-order valence-corrected chi connectivity index (χ4v) is 14.2. The first kappa shape index (κ1) is 66.9. The highest BCUT2D eigenvalue weighted by Crippen LogP contribution is 2.65. The first-order valence-electron chi connectivity index (χ1n) is 30.4. The van der Waals surface area contributed by atoms with E-state index in [0.717, 1.165) is 56.3 Å². The number of aliphatic hydroxyl groups excluding tert-OH is 1. The zero-order valence-electron chi connectivity index (χ0n) is 52.5. The van der Waals surface area contributed by atoms with Gasteiger partial charge in [0.1, 0.15) is 47.4 Å².